The van der Waals surface area contributed by atoms with Crippen molar-refractivity contribution in [2.24, 2.45) is 5.92 Å². The third kappa shape index (κ3) is 2.12. The highest BCUT2D eigenvalue weighted by Gasteiger charge is 1.98. The van der Waals surface area contributed by atoms with Gasteiger partial charge in [0, 0.05) is 24.5 Å². The van der Waals surface area contributed by atoms with Crippen molar-refractivity contribution in [2.45, 2.75) is 20.4 Å². The standard InChI is InChI=1S/C9H14N2O/c1-7(2)6-11-4-3-8(10)5-9(11)12/h3-5,7H,6,10H2,1-2H3. The van der Waals surface area contributed by atoms with E-state index in [0.29, 0.717) is 11.6 Å². The second-order valence-corrected chi connectivity index (χ2v) is 3.34. The zero-order valence-electron chi connectivity index (χ0n) is 7.45. The number of hydrogen-bond acceptors (Lipinski definition) is 2. The molecule has 3 nitrogen and oxygen atoms in total. The van der Waals surface area contributed by atoms with E-state index in [1.54, 1.807) is 16.8 Å². The van der Waals surface area contributed by atoms with Crippen LogP contribution in [0.15, 0.2) is 23.1 Å². The fourth-order valence-corrected chi connectivity index (χ4v) is 1.07. The number of nitrogens with zero attached hydrogens (tertiary/aromatic N) is 1. The third-order valence-corrected chi connectivity index (χ3v) is 1.58. The smallest absolute Gasteiger partial charge is 0.252 e. The molecular formula is C9H14N2O. The summed E-state index contributed by atoms with van der Waals surface area (Å²) < 4.78 is 1.67. The summed E-state index contributed by atoms with van der Waals surface area (Å²) in [6, 6.07) is 3.19. The molecule has 0 aliphatic heterocycles. The Bertz CT molecular complexity index is 315. The zero-order valence-corrected chi connectivity index (χ0v) is 7.45. The Hall–Kier alpha value is -1.25. The number of nitrogens with two attached hydrogens (primary N) is 1. The SMILES string of the molecule is CC(C)Cn1ccc(N)cc1=O. The molecule has 0 amide bonds. The van der Waals surface area contributed by atoms with E-state index in [4.69, 9.17) is 5.73 Å². The van der Waals surface area contributed by atoms with Crippen LogP contribution in [-0.2, 0) is 6.54 Å². The maximum atomic E-state index is 11.3. The molecule has 1 rings (SSSR count). The van der Waals surface area contributed by atoms with Crippen molar-refractivity contribution in [1.29, 1.82) is 0 Å². The molecule has 0 saturated heterocycles. The van der Waals surface area contributed by atoms with Crippen LogP contribution in [0.25, 0.3) is 0 Å². The highest BCUT2D eigenvalue weighted by atomic mass is 16.1. The fraction of sp³-hybridized carbons (Fsp3) is 0.444. The summed E-state index contributed by atoms with van der Waals surface area (Å²) in [4.78, 5) is 11.3. The van der Waals surface area contributed by atoms with Crippen molar-refractivity contribution >= 4 is 5.69 Å². The van der Waals surface area contributed by atoms with E-state index in [9.17, 15) is 4.79 Å². The normalized spacial score (nSPS) is 10.6. The van der Waals surface area contributed by atoms with Crippen molar-refractivity contribution in [3.8, 4) is 0 Å². The summed E-state index contributed by atoms with van der Waals surface area (Å²) >= 11 is 0. The van der Waals surface area contributed by atoms with Crippen molar-refractivity contribution < 1.29 is 0 Å². The van der Waals surface area contributed by atoms with Gasteiger partial charge in [0.2, 0.25) is 0 Å². The Labute approximate surface area is 71.8 Å². The van der Waals surface area contributed by atoms with E-state index >= 15 is 0 Å². The molecule has 0 aliphatic carbocycles. The highest BCUT2D eigenvalue weighted by molar-refractivity contribution is 5.34. The molecule has 0 aromatic carbocycles. The van der Waals surface area contributed by atoms with Gasteiger partial charge in [-0.3, -0.25) is 4.79 Å². The molecule has 0 spiro atoms. The van der Waals surface area contributed by atoms with Gasteiger partial charge in [-0.15, -0.1) is 0 Å². The van der Waals surface area contributed by atoms with Gasteiger partial charge in [0.1, 0.15) is 0 Å². The van der Waals surface area contributed by atoms with Crippen LogP contribution in [0.2, 0.25) is 0 Å². The average molecular weight is 166 g/mol. The van der Waals surface area contributed by atoms with Gasteiger partial charge in [-0.2, -0.15) is 0 Å². The highest BCUT2D eigenvalue weighted by Crippen LogP contribution is 1.98. The zero-order chi connectivity index (χ0) is 9.14. The minimum Gasteiger partial charge on any atom is -0.399 e. The summed E-state index contributed by atoms with van der Waals surface area (Å²) in [7, 11) is 0. The number of hydrogen-bond donors (Lipinski definition) is 1. The van der Waals surface area contributed by atoms with Crippen LogP contribution in [0.4, 0.5) is 5.69 Å². The van der Waals surface area contributed by atoms with Crippen molar-refractivity contribution in [2.75, 3.05) is 5.73 Å². The van der Waals surface area contributed by atoms with Gasteiger partial charge in [0.25, 0.3) is 5.56 Å². The summed E-state index contributed by atoms with van der Waals surface area (Å²) in [5.74, 6) is 0.478. The van der Waals surface area contributed by atoms with Gasteiger partial charge in [0.15, 0.2) is 0 Å². The van der Waals surface area contributed by atoms with Gasteiger partial charge in [-0.05, 0) is 12.0 Å². The molecule has 1 heterocycles. The third-order valence-electron chi connectivity index (χ3n) is 1.58. The maximum absolute atomic E-state index is 11.3. The second kappa shape index (κ2) is 3.43. The molecule has 0 aliphatic rings. The molecule has 1 aromatic heterocycles. The minimum atomic E-state index is -0.0244. The topological polar surface area (TPSA) is 48.0 Å². The van der Waals surface area contributed by atoms with Crippen LogP contribution in [0, 0.1) is 5.92 Å². The molecule has 12 heavy (non-hydrogen) atoms. The molecule has 3 heteroatoms. The Kier molecular flexibility index (Phi) is 2.53. The number of nitrogen functional groups attached to an aromatic ring is 1. The van der Waals surface area contributed by atoms with Crippen molar-refractivity contribution in [1.82, 2.24) is 4.57 Å². The van der Waals surface area contributed by atoms with Crippen LogP contribution in [0.5, 0.6) is 0 Å². The van der Waals surface area contributed by atoms with Gasteiger partial charge in [-0.1, -0.05) is 13.8 Å². The first-order valence-electron chi connectivity index (χ1n) is 4.05. The van der Waals surface area contributed by atoms with Crippen LogP contribution >= 0.6 is 0 Å². The Morgan fingerprint density at radius 1 is 1.58 bits per heavy atom. The van der Waals surface area contributed by atoms with E-state index < -0.39 is 0 Å². The van der Waals surface area contributed by atoms with Crippen LogP contribution in [0.1, 0.15) is 13.8 Å². The predicted molar refractivity (Wildman–Crippen MR) is 50.0 cm³/mol. The summed E-state index contributed by atoms with van der Waals surface area (Å²) in [6.45, 7) is 4.89. The predicted octanol–water partition coefficient (Wildman–Crippen LogP) is 1.09. The Morgan fingerprint density at radius 2 is 2.25 bits per heavy atom. The lowest BCUT2D eigenvalue weighted by Gasteiger charge is -2.07. The van der Waals surface area contributed by atoms with E-state index in [1.165, 1.54) is 6.07 Å². The maximum Gasteiger partial charge on any atom is 0.252 e. The first-order valence-corrected chi connectivity index (χ1v) is 4.05. The van der Waals surface area contributed by atoms with Crippen LogP contribution < -0.4 is 11.3 Å². The molecule has 0 saturated carbocycles. The molecule has 2 N–H and O–H groups in total. The minimum absolute atomic E-state index is 0.0244. The van der Waals surface area contributed by atoms with Gasteiger partial charge < -0.3 is 10.3 Å². The number of anilines is 1. The van der Waals surface area contributed by atoms with Gasteiger partial charge >= 0.3 is 0 Å². The Morgan fingerprint density at radius 3 is 2.75 bits per heavy atom. The number of rotatable bonds is 2. The van der Waals surface area contributed by atoms with Gasteiger partial charge in [0.05, 0.1) is 0 Å². The van der Waals surface area contributed by atoms with Crippen molar-refractivity contribution in [3.63, 3.8) is 0 Å². The average Bonchev–Trinajstić information content (AvgIpc) is 1.94. The molecule has 0 fully saturated rings. The monoisotopic (exact) mass is 166 g/mol. The molecule has 0 bridgehead atoms. The Balaban J connectivity index is 2.94. The quantitative estimate of drug-likeness (QED) is 0.714. The van der Waals surface area contributed by atoms with E-state index in [-0.39, 0.29) is 5.56 Å². The fourth-order valence-electron chi connectivity index (χ4n) is 1.07. The lowest BCUT2D eigenvalue weighted by atomic mass is 10.2. The molecule has 0 radical (unpaired) electrons. The summed E-state index contributed by atoms with van der Waals surface area (Å²) in [5, 5.41) is 0. The molecule has 0 unspecified atom stereocenters. The van der Waals surface area contributed by atoms with Crippen LogP contribution in [-0.4, -0.2) is 4.57 Å². The molecule has 66 valence electrons. The first kappa shape index (κ1) is 8.84. The van der Waals surface area contributed by atoms with E-state index in [0.717, 1.165) is 6.54 Å². The van der Waals surface area contributed by atoms with E-state index in [2.05, 4.69) is 13.8 Å². The number of aromatic nitrogens is 1. The molecule has 0 atom stereocenters. The summed E-state index contributed by atoms with van der Waals surface area (Å²) in [5.41, 5.74) is 5.95. The largest absolute Gasteiger partial charge is 0.399 e. The molecular weight excluding hydrogens is 152 g/mol. The summed E-state index contributed by atoms with van der Waals surface area (Å²) in [6.07, 6.45) is 1.73. The lowest BCUT2D eigenvalue weighted by Crippen LogP contribution is -2.21. The van der Waals surface area contributed by atoms with E-state index in [1.807, 2.05) is 0 Å². The van der Waals surface area contributed by atoms with Crippen molar-refractivity contribution in [3.05, 3.63) is 28.7 Å². The van der Waals surface area contributed by atoms with Gasteiger partial charge in [-0.25, -0.2) is 0 Å². The number of pyridine rings is 1. The van der Waals surface area contributed by atoms with Crippen LogP contribution in [0.3, 0.4) is 0 Å². The second-order valence-electron chi connectivity index (χ2n) is 3.34. The first-order chi connectivity index (χ1) is 5.59. The lowest BCUT2D eigenvalue weighted by molar-refractivity contribution is 0.511. The molecule has 1 aromatic rings.